The van der Waals surface area contributed by atoms with Crippen molar-refractivity contribution in [2.24, 2.45) is 0 Å². The second kappa shape index (κ2) is 4.96. The van der Waals surface area contributed by atoms with Crippen LogP contribution in [0.4, 0.5) is 0 Å². The van der Waals surface area contributed by atoms with Gasteiger partial charge in [0, 0.05) is 16.7 Å². The molecule has 0 heterocycles. The lowest BCUT2D eigenvalue weighted by atomic mass is 9.81. The summed E-state index contributed by atoms with van der Waals surface area (Å²) in [5.41, 5.74) is -0.0462. The number of benzene rings is 2. The summed E-state index contributed by atoms with van der Waals surface area (Å²) in [6.07, 6.45) is -0.735. The van der Waals surface area contributed by atoms with Gasteiger partial charge < -0.3 is 15.3 Å². The molecule has 0 bridgehead atoms. The van der Waals surface area contributed by atoms with Gasteiger partial charge in [-0.1, -0.05) is 31.2 Å². The van der Waals surface area contributed by atoms with E-state index in [2.05, 4.69) is 0 Å². The van der Waals surface area contributed by atoms with Gasteiger partial charge in [0.1, 0.15) is 11.5 Å². The minimum absolute atomic E-state index is 0.0410. The maximum Gasteiger partial charge on any atom is 0.198 e. The highest BCUT2D eigenvalue weighted by Gasteiger charge is 2.36. The zero-order chi connectivity index (χ0) is 16.0. The van der Waals surface area contributed by atoms with E-state index in [1.54, 1.807) is 19.1 Å². The third-order valence-electron chi connectivity index (χ3n) is 3.92. The predicted molar refractivity (Wildman–Crippen MR) is 78.3 cm³/mol. The molecule has 0 spiro atoms. The zero-order valence-electron chi connectivity index (χ0n) is 11.8. The van der Waals surface area contributed by atoms with Crippen LogP contribution in [0.5, 0.6) is 11.5 Å². The molecule has 5 nitrogen and oxygen atoms in total. The van der Waals surface area contributed by atoms with E-state index in [0.29, 0.717) is 6.42 Å². The van der Waals surface area contributed by atoms with E-state index in [0.717, 1.165) is 6.07 Å². The molecule has 0 aromatic heterocycles. The van der Waals surface area contributed by atoms with Crippen molar-refractivity contribution in [2.75, 3.05) is 0 Å². The van der Waals surface area contributed by atoms with E-state index in [9.17, 15) is 24.9 Å². The normalized spacial score (nSPS) is 14.5. The van der Waals surface area contributed by atoms with E-state index in [-0.39, 0.29) is 27.8 Å². The lowest BCUT2D eigenvalue weighted by molar-refractivity contribution is 0.0972. The van der Waals surface area contributed by atoms with Crippen molar-refractivity contribution in [3.63, 3.8) is 0 Å². The molecule has 2 aromatic carbocycles. The first-order valence-electron chi connectivity index (χ1n) is 6.92. The van der Waals surface area contributed by atoms with Crippen LogP contribution in [0.25, 0.3) is 0 Å². The van der Waals surface area contributed by atoms with Gasteiger partial charge in [-0.05, 0) is 12.5 Å². The summed E-state index contributed by atoms with van der Waals surface area (Å²) < 4.78 is 0. The van der Waals surface area contributed by atoms with E-state index >= 15 is 0 Å². The molecule has 3 N–H and O–H groups in total. The number of ketones is 2. The summed E-state index contributed by atoms with van der Waals surface area (Å²) in [7, 11) is 0. The molecule has 1 aliphatic rings. The fraction of sp³-hybridized carbons (Fsp3) is 0.176. The molecular formula is C17H14O5. The second-order valence-corrected chi connectivity index (χ2v) is 5.21. The van der Waals surface area contributed by atoms with Crippen LogP contribution in [-0.4, -0.2) is 26.9 Å². The van der Waals surface area contributed by atoms with Crippen molar-refractivity contribution in [3.8, 4) is 11.5 Å². The maximum atomic E-state index is 12.6. The molecule has 1 atom stereocenters. The van der Waals surface area contributed by atoms with E-state index in [4.69, 9.17) is 0 Å². The van der Waals surface area contributed by atoms with Gasteiger partial charge in [-0.3, -0.25) is 9.59 Å². The van der Waals surface area contributed by atoms with E-state index in [1.807, 2.05) is 0 Å². The Morgan fingerprint density at radius 1 is 1.00 bits per heavy atom. The molecule has 1 aliphatic carbocycles. The van der Waals surface area contributed by atoms with Crippen molar-refractivity contribution in [2.45, 2.75) is 19.4 Å². The van der Waals surface area contributed by atoms with Crippen LogP contribution < -0.4 is 0 Å². The second-order valence-electron chi connectivity index (χ2n) is 5.21. The first-order chi connectivity index (χ1) is 10.5. The van der Waals surface area contributed by atoms with Crippen molar-refractivity contribution >= 4 is 11.6 Å². The van der Waals surface area contributed by atoms with Crippen LogP contribution >= 0.6 is 0 Å². The molecule has 2 aromatic rings. The summed E-state index contributed by atoms with van der Waals surface area (Å²) in [6.45, 7) is 1.70. The van der Waals surface area contributed by atoms with Crippen molar-refractivity contribution in [1.29, 1.82) is 0 Å². The fourth-order valence-electron chi connectivity index (χ4n) is 2.75. The van der Waals surface area contributed by atoms with Gasteiger partial charge in [0.05, 0.1) is 17.2 Å². The third-order valence-corrected chi connectivity index (χ3v) is 3.92. The Morgan fingerprint density at radius 3 is 2.09 bits per heavy atom. The summed E-state index contributed by atoms with van der Waals surface area (Å²) in [6, 6.07) is 7.39. The predicted octanol–water partition coefficient (Wildman–Crippen LogP) is 2.32. The Morgan fingerprint density at radius 2 is 1.55 bits per heavy atom. The maximum absolute atomic E-state index is 12.6. The Labute approximate surface area is 126 Å². The molecule has 0 radical (unpaired) electrons. The largest absolute Gasteiger partial charge is 0.507 e. The highest BCUT2D eigenvalue weighted by molar-refractivity contribution is 6.30. The van der Waals surface area contributed by atoms with Crippen molar-refractivity contribution in [3.05, 3.63) is 58.1 Å². The molecule has 22 heavy (non-hydrogen) atoms. The Kier molecular flexibility index (Phi) is 3.22. The summed E-state index contributed by atoms with van der Waals surface area (Å²) >= 11 is 0. The fourth-order valence-corrected chi connectivity index (χ4v) is 2.75. The molecule has 112 valence electrons. The highest BCUT2D eigenvalue weighted by Crippen LogP contribution is 2.42. The van der Waals surface area contributed by atoms with Crippen molar-refractivity contribution in [1.82, 2.24) is 0 Å². The van der Waals surface area contributed by atoms with Crippen LogP contribution in [0, 0.1) is 0 Å². The minimum atomic E-state index is -1.03. The number of phenols is 2. The molecule has 0 saturated carbocycles. The van der Waals surface area contributed by atoms with Crippen LogP contribution in [-0.2, 0) is 0 Å². The van der Waals surface area contributed by atoms with Gasteiger partial charge in [-0.2, -0.15) is 0 Å². The van der Waals surface area contributed by atoms with E-state index in [1.165, 1.54) is 12.1 Å². The number of hydrogen-bond donors (Lipinski definition) is 3. The first-order valence-corrected chi connectivity index (χ1v) is 6.92. The van der Waals surface area contributed by atoms with Crippen LogP contribution in [0.1, 0.15) is 56.9 Å². The zero-order valence-corrected chi connectivity index (χ0v) is 11.8. The molecule has 5 heteroatoms. The molecule has 3 rings (SSSR count). The topological polar surface area (TPSA) is 94.8 Å². The SMILES string of the molecule is CCC(O)c1cc(O)c2c(c1O)C(=O)c1ccccc1C2=O. The van der Waals surface area contributed by atoms with Crippen LogP contribution in [0.3, 0.4) is 0 Å². The molecule has 1 unspecified atom stereocenters. The average Bonchev–Trinajstić information content (AvgIpc) is 2.53. The number of fused-ring (bicyclic) bond motifs is 2. The Hall–Kier alpha value is -2.66. The third kappa shape index (κ3) is 1.83. The highest BCUT2D eigenvalue weighted by atomic mass is 16.3. The van der Waals surface area contributed by atoms with Gasteiger partial charge in [0.2, 0.25) is 0 Å². The molecule has 0 fully saturated rings. The number of aromatic hydroxyl groups is 2. The summed E-state index contributed by atoms with van der Waals surface area (Å²) in [4.78, 5) is 25.1. The van der Waals surface area contributed by atoms with Crippen LogP contribution in [0.15, 0.2) is 30.3 Å². The van der Waals surface area contributed by atoms with E-state index < -0.39 is 29.2 Å². The Balaban J connectivity index is 2.33. The standard InChI is InChI=1S/C17H14O5/c1-2-11(18)10-7-12(19)13-14(17(10)22)16(21)9-6-4-3-5-8(9)15(13)20/h3-7,11,18-19,22H,2H2,1H3. The number of aliphatic hydroxyl groups excluding tert-OH is 1. The number of carbonyl (C=O) groups excluding carboxylic acids is 2. The Bertz CT molecular complexity index is 807. The number of aliphatic hydroxyl groups is 1. The first kappa shape index (κ1) is 14.3. The lowest BCUT2D eigenvalue weighted by Crippen LogP contribution is -2.22. The molecular weight excluding hydrogens is 284 g/mol. The monoisotopic (exact) mass is 298 g/mol. The van der Waals surface area contributed by atoms with Gasteiger partial charge in [-0.25, -0.2) is 0 Å². The molecule has 0 aliphatic heterocycles. The molecule has 0 saturated heterocycles. The number of carbonyl (C=O) groups is 2. The van der Waals surface area contributed by atoms with Gasteiger partial charge in [0.25, 0.3) is 0 Å². The van der Waals surface area contributed by atoms with Gasteiger partial charge in [-0.15, -0.1) is 0 Å². The lowest BCUT2D eigenvalue weighted by Gasteiger charge is -2.22. The summed E-state index contributed by atoms with van der Waals surface area (Å²) in [5, 5.41) is 30.4. The average molecular weight is 298 g/mol. The summed E-state index contributed by atoms with van der Waals surface area (Å²) in [5.74, 6) is -1.92. The number of rotatable bonds is 2. The number of hydrogen-bond acceptors (Lipinski definition) is 5. The van der Waals surface area contributed by atoms with Crippen LogP contribution in [0.2, 0.25) is 0 Å². The number of phenolic OH excluding ortho intramolecular Hbond substituents is 2. The van der Waals surface area contributed by atoms with Crippen molar-refractivity contribution < 1.29 is 24.9 Å². The minimum Gasteiger partial charge on any atom is -0.507 e. The van der Waals surface area contributed by atoms with Gasteiger partial charge >= 0.3 is 0 Å². The quantitative estimate of drug-likeness (QED) is 0.631. The van der Waals surface area contributed by atoms with Gasteiger partial charge in [0.15, 0.2) is 11.6 Å². The smallest absolute Gasteiger partial charge is 0.198 e. The molecule has 0 amide bonds.